The molecule has 0 saturated carbocycles. The minimum absolute atomic E-state index is 0.0172. The fourth-order valence-corrected chi connectivity index (χ4v) is 2.32. The van der Waals surface area contributed by atoms with E-state index in [-0.39, 0.29) is 5.91 Å². The van der Waals surface area contributed by atoms with E-state index in [9.17, 15) is 4.79 Å². The molecule has 0 aliphatic rings. The molecule has 1 aromatic carbocycles. The summed E-state index contributed by atoms with van der Waals surface area (Å²) in [5, 5.41) is 10.1. The van der Waals surface area contributed by atoms with Crippen LogP contribution in [0.2, 0.25) is 5.02 Å². The third kappa shape index (κ3) is 7.21. The molecule has 0 atom stereocenters. The van der Waals surface area contributed by atoms with Crippen LogP contribution in [0.3, 0.4) is 0 Å². The van der Waals surface area contributed by atoms with Gasteiger partial charge in [-0.2, -0.15) is 0 Å². The van der Waals surface area contributed by atoms with Crippen LogP contribution >= 0.6 is 11.6 Å². The average Bonchev–Trinajstić information content (AvgIpc) is 2.53. The number of halogens is 1. The SMILES string of the molecule is CCNC(=O)C(C)(C)CN=C(NCC)NCCc1cccc(Cl)c1. The van der Waals surface area contributed by atoms with E-state index in [1.165, 1.54) is 5.56 Å². The van der Waals surface area contributed by atoms with Gasteiger partial charge in [0.2, 0.25) is 5.91 Å². The number of benzene rings is 1. The first-order valence-electron chi connectivity index (χ1n) is 8.44. The van der Waals surface area contributed by atoms with E-state index in [4.69, 9.17) is 11.6 Å². The van der Waals surface area contributed by atoms with Crippen LogP contribution in [0.15, 0.2) is 29.3 Å². The van der Waals surface area contributed by atoms with Gasteiger partial charge in [-0.25, -0.2) is 0 Å². The Hall–Kier alpha value is -1.75. The third-order valence-electron chi connectivity index (χ3n) is 3.52. The highest BCUT2D eigenvalue weighted by molar-refractivity contribution is 6.30. The predicted molar refractivity (Wildman–Crippen MR) is 102 cm³/mol. The quantitative estimate of drug-likeness (QED) is 0.497. The topological polar surface area (TPSA) is 65.5 Å². The van der Waals surface area contributed by atoms with Gasteiger partial charge in [0.05, 0.1) is 12.0 Å². The summed E-state index contributed by atoms with van der Waals surface area (Å²) >= 11 is 6.00. The molecule has 0 unspecified atom stereocenters. The molecule has 0 aliphatic carbocycles. The average molecular weight is 353 g/mol. The number of rotatable bonds is 8. The number of nitrogens with zero attached hydrogens (tertiary/aromatic N) is 1. The van der Waals surface area contributed by atoms with Crippen molar-refractivity contribution >= 4 is 23.5 Å². The maximum absolute atomic E-state index is 12.0. The maximum Gasteiger partial charge on any atom is 0.227 e. The second-order valence-electron chi connectivity index (χ2n) is 6.25. The zero-order valence-corrected chi connectivity index (χ0v) is 15.8. The monoisotopic (exact) mass is 352 g/mol. The lowest BCUT2D eigenvalue weighted by Gasteiger charge is -2.22. The molecule has 0 aromatic heterocycles. The second-order valence-corrected chi connectivity index (χ2v) is 6.68. The van der Waals surface area contributed by atoms with Gasteiger partial charge in [-0.15, -0.1) is 0 Å². The highest BCUT2D eigenvalue weighted by Gasteiger charge is 2.26. The molecule has 24 heavy (non-hydrogen) atoms. The molecule has 0 aliphatic heterocycles. The van der Waals surface area contributed by atoms with E-state index in [1.807, 2.05) is 45.9 Å². The fraction of sp³-hybridized carbons (Fsp3) is 0.556. The van der Waals surface area contributed by atoms with Gasteiger partial charge in [-0.05, 0) is 51.8 Å². The van der Waals surface area contributed by atoms with Gasteiger partial charge in [0.25, 0.3) is 0 Å². The Bertz CT molecular complexity index is 558. The van der Waals surface area contributed by atoms with Crippen molar-refractivity contribution in [3.05, 3.63) is 34.9 Å². The number of nitrogens with one attached hydrogen (secondary N) is 3. The zero-order chi connectivity index (χ0) is 18.0. The van der Waals surface area contributed by atoms with E-state index in [0.29, 0.717) is 13.1 Å². The number of carbonyl (C=O) groups is 1. The Kier molecular flexibility index (Phi) is 8.61. The van der Waals surface area contributed by atoms with Crippen LogP contribution < -0.4 is 16.0 Å². The van der Waals surface area contributed by atoms with Crippen molar-refractivity contribution in [2.45, 2.75) is 34.1 Å². The van der Waals surface area contributed by atoms with E-state index in [1.54, 1.807) is 0 Å². The largest absolute Gasteiger partial charge is 0.357 e. The summed E-state index contributed by atoms with van der Waals surface area (Å²) in [6, 6.07) is 7.83. The molecule has 5 nitrogen and oxygen atoms in total. The predicted octanol–water partition coefficient (Wildman–Crippen LogP) is 2.60. The maximum atomic E-state index is 12.0. The minimum Gasteiger partial charge on any atom is -0.357 e. The summed E-state index contributed by atoms with van der Waals surface area (Å²) in [6.45, 7) is 10.3. The number of hydrogen-bond acceptors (Lipinski definition) is 2. The van der Waals surface area contributed by atoms with E-state index >= 15 is 0 Å². The Morgan fingerprint density at radius 3 is 2.50 bits per heavy atom. The first-order valence-corrected chi connectivity index (χ1v) is 8.81. The molecule has 1 aromatic rings. The molecular weight excluding hydrogens is 324 g/mol. The van der Waals surface area contributed by atoms with Gasteiger partial charge < -0.3 is 16.0 Å². The summed E-state index contributed by atoms with van der Waals surface area (Å²) < 4.78 is 0. The van der Waals surface area contributed by atoms with Crippen LogP contribution in [0.1, 0.15) is 33.3 Å². The number of hydrogen-bond donors (Lipinski definition) is 3. The van der Waals surface area contributed by atoms with Crippen molar-refractivity contribution in [3.8, 4) is 0 Å². The van der Waals surface area contributed by atoms with Crippen molar-refractivity contribution in [2.75, 3.05) is 26.2 Å². The summed E-state index contributed by atoms with van der Waals surface area (Å²) in [7, 11) is 0. The summed E-state index contributed by atoms with van der Waals surface area (Å²) in [6.07, 6.45) is 0.852. The van der Waals surface area contributed by atoms with Gasteiger partial charge in [0.15, 0.2) is 5.96 Å². The standard InChI is InChI=1S/C18H29ClN4O/c1-5-20-16(24)18(3,4)13-23-17(21-6-2)22-11-10-14-8-7-9-15(19)12-14/h7-9,12H,5-6,10-11,13H2,1-4H3,(H,20,24)(H2,21,22,23). The molecule has 0 fully saturated rings. The van der Waals surface area contributed by atoms with Gasteiger partial charge >= 0.3 is 0 Å². The van der Waals surface area contributed by atoms with Crippen molar-refractivity contribution in [3.63, 3.8) is 0 Å². The Morgan fingerprint density at radius 2 is 1.88 bits per heavy atom. The van der Waals surface area contributed by atoms with Crippen molar-refractivity contribution in [2.24, 2.45) is 10.4 Å². The van der Waals surface area contributed by atoms with Crippen LogP contribution in [-0.2, 0) is 11.2 Å². The van der Waals surface area contributed by atoms with Crippen LogP contribution in [0.5, 0.6) is 0 Å². The molecule has 6 heteroatoms. The van der Waals surface area contributed by atoms with Gasteiger partial charge in [0.1, 0.15) is 0 Å². The second kappa shape index (κ2) is 10.2. The minimum atomic E-state index is -0.536. The lowest BCUT2D eigenvalue weighted by atomic mass is 9.92. The molecule has 0 bridgehead atoms. The van der Waals surface area contributed by atoms with Crippen molar-refractivity contribution in [1.82, 2.24) is 16.0 Å². The molecule has 1 amide bonds. The lowest BCUT2D eigenvalue weighted by molar-refractivity contribution is -0.128. The first kappa shape index (κ1) is 20.3. The third-order valence-corrected chi connectivity index (χ3v) is 3.76. The molecule has 3 N–H and O–H groups in total. The van der Waals surface area contributed by atoms with Crippen LogP contribution in [-0.4, -0.2) is 38.0 Å². The highest BCUT2D eigenvalue weighted by atomic mass is 35.5. The Balaban J connectivity index is 2.57. The van der Waals surface area contributed by atoms with Gasteiger partial charge in [-0.3, -0.25) is 9.79 Å². The van der Waals surface area contributed by atoms with Crippen LogP contribution in [0.25, 0.3) is 0 Å². The molecule has 0 radical (unpaired) electrons. The smallest absolute Gasteiger partial charge is 0.227 e. The molecule has 1 rings (SSSR count). The summed E-state index contributed by atoms with van der Waals surface area (Å²) in [5.41, 5.74) is 0.638. The van der Waals surface area contributed by atoms with Crippen molar-refractivity contribution < 1.29 is 4.79 Å². The summed E-state index contributed by atoms with van der Waals surface area (Å²) in [4.78, 5) is 16.6. The van der Waals surface area contributed by atoms with E-state index in [0.717, 1.165) is 30.5 Å². The number of carbonyl (C=O) groups excluding carboxylic acids is 1. The van der Waals surface area contributed by atoms with Crippen molar-refractivity contribution in [1.29, 1.82) is 0 Å². The number of amides is 1. The molecular formula is C18H29ClN4O. The van der Waals surface area contributed by atoms with E-state index < -0.39 is 5.41 Å². The fourth-order valence-electron chi connectivity index (χ4n) is 2.11. The Morgan fingerprint density at radius 1 is 1.17 bits per heavy atom. The number of guanidine groups is 1. The summed E-state index contributed by atoms with van der Waals surface area (Å²) in [5.74, 6) is 0.737. The molecule has 0 spiro atoms. The van der Waals surface area contributed by atoms with E-state index in [2.05, 4.69) is 27.0 Å². The van der Waals surface area contributed by atoms with Gasteiger partial charge in [0, 0.05) is 24.7 Å². The molecule has 134 valence electrons. The highest BCUT2D eigenvalue weighted by Crippen LogP contribution is 2.15. The van der Waals surface area contributed by atoms with Crippen LogP contribution in [0.4, 0.5) is 0 Å². The number of aliphatic imine (C=N–C) groups is 1. The molecule has 0 heterocycles. The van der Waals surface area contributed by atoms with Crippen LogP contribution in [0, 0.1) is 5.41 Å². The zero-order valence-electron chi connectivity index (χ0n) is 15.1. The first-order chi connectivity index (χ1) is 11.4. The Labute approximate surface area is 150 Å². The molecule has 0 saturated heterocycles. The van der Waals surface area contributed by atoms with Gasteiger partial charge in [-0.1, -0.05) is 23.7 Å². The lowest BCUT2D eigenvalue weighted by Crippen LogP contribution is -2.42. The normalized spacial score (nSPS) is 12.0.